The van der Waals surface area contributed by atoms with Crippen molar-refractivity contribution in [3.63, 3.8) is 0 Å². The monoisotopic (exact) mass is 389 g/mol. The van der Waals surface area contributed by atoms with Crippen LogP contribution in [-0.4, -0.2) is 12.0 Å². The first-order valence-electron chi connectivity index (χ1n) is 9.86. The number of benzene rings is 3. The number of hydrogen-bond donors (Lipinski definition) is 1. The van der Waals surface area contributed by atoms with E-state index in [4.69, 9.17) is 9.47 Å². The molecular weight excluding hydrogens is 362 g/mol. The molecule has 0 saturated heterocycles. The van der Waals surface area contributed by atoms with Gasteiger partial charge in [-0.05, 0) is 73.4 Å². The van der Waals surface area contributed by atoms with Crippen molar-refractivity contribution in [2.45, 2.75) is 39.9 Å². The molecule has 0 aliphatic rings. The molecular formula is C25H27NO3. The molecule has 0 bridgehead atoms. The Labute approximate surface area is 172 Å². The minimum Gasteiger partial charge on any atom is -0.489 e. The highest BCUT2D eigenvalue weighted by Crippen LogP contribution is 2.20. The molecule has 0 aliphatic carbocycles. The van der Waals surface area contributed by atoms with Crippen LogP contribution in [0.15, 0.2) is 72.8 Å². The van der Waals surface area contributed by atoms with Gasteiger partial charge in [0.05, 0.1) is 0 Å². The summed E-state index contributed by atoms with van der Waals surface area (Å²) in [6, 6.07) is 23.2. The fourth-order valence-corrected chi connectivity index (χ4v) is 2.87. The van der Waals surface area contributed by atoms with Crippen LogP contribution >= 0.6 is 0 Å². The van der Waals surface area contributed by atoms with Crippen molar-refractivity contribution in [1.82, 2.24) is 0 Å². The summed E-state index contributed by atoms with van der Waals surface area (Å²) in [6.45, 7) is 6.53. The molecule has 0 unspecified atom stereocenters. The Morgan fingerprint density at radius 1 is 0.897 bits per heavy atom. The SMILES string of the molecule is CC[C@@H](Oc1ccc(C)c(C)c1)C(=O)Nc1ccc(OCc2ccccc2)cc1. The average molecular weight is 389 g/mol. The molecule has 0 spiro atoms. The quantitative estimate of drug-likeness (QED) is 0.539. The molecule has 1 atom stereocenters. The van der Waals surface area contributed by atoms with Gasteiger partial charge in [0.15, 0.2) is 6.10 Å². The smallest absolute Gasteiger partial charge is 0.265 e. The van der Waals surface area contributed by atoms with E-state index in [-0.39, 0.29) is 5.91 Å². The number of carbonyl (C=O) groups is 1. The second-order valence-corrected chi connectivity index (χ2v) is 7.05. The summed E-state index contributed by atoms with van der Waals surface area (Å²) in [6.07, 6.45) is 0.0305. The summed E-state index contributed by atoms with van der Waals surface area (Å²) in [5.74, 6) is 1.30. The fraction of sp³-hybridized carbons (Fsp3) is 0.240. The third-order valence-corrected chi connectivity index (χ3v) is 4.79. The Morgan fingerprint density at radius 2 is 1.59 bits per heavy atom. The predicted molar refractivity (Wildman–Crippen MR) is 116 cm³/mol. The lowest BCUT2D eigenvalue weighted by Crippen LogP contribution is -2.32. The van der Waals surface area contributed by atoms with Crippen LogP contribution in [0.5, 0.6) is 11.5 Å². The van der Waals surface area contributed by atoms with Crippen molar-refractivity contribution in [1.29, 1.82) is 0 Å². The topological polar surface area (TPSA) is 47.6 Å². The van der Waals surface area contributed by atoms with E-state index in [9.17, 15) is 4.79 Å². The van der Waals surface area contributed by atoms with Gasteiger partial charge in [-0.3, -0.25) is 4.79 Å². The molecule has 1 N–H and O–H groups in total. The second-order valence-electron chi connectivity index (χ2n) is 7.05. The number of hydrogen-bond acceptors (Lipinski definition) is 3. The maximum atomic E-state index is 12.6. The first kappa shape index (κ1) is 20.5. The average Bonchev–Trinajstić information content (AvgIpc) is 2.74. The van der Waals surface area contributed by atoms with E-state index >= 15 is 0 Å². The molecule has 3 rings (SSSR count). The molecule has 3 aromatic rings. The van der Waals surface area contributed by atoms with E-state index in [1.165, 1.54) is 5.56 Å². The molecule has 0 heterocycles. The molecule has 4 heteroatoms. The number of amides is 1. The Bertz CT molecular complexity index is 936. The number of ether oxygens (including phenoxy) is 2. The minimum atomic E-state index is -0.550. The van der Waals surface area contributed by atoms with Crippen LogP contribution in [0.4, 0.5) is 5.69 Å². The Morgan fingerprint density at radius 3 is 2.24 bits per heavy atom. The maximum absolute atomic E-state index is 12.6. The zero-order valence-electron chi connectivity index (χ0n) is 17.1. The van der Waals surface area contributed by atoms with E-state index < -0.39 is 6.10 Å². The van der Waals surface area contributed by atoms with Gasteiger partial charge in [0.1, 0.15) is 18.1 Å². The fourth-order valence-electron chi connectivity index (χ4n) is 2.87. The summed E-state index contributed by atoms with van der Waals surface area (Å²) >= 11 is 0. The van der Waals surface area contributed by atoms with Crippen molar-refractivity contribution in [2.75, 3.05) is 5.32 Å². The molecule has 0 fully saturated rings. The van der Waals surface area contributed by atoms with Crippen molar-refractivity contribution < 1.29 is 14.3 Å². The lowest BCUT2D eigenvalue weighted by molar-refractivity contribution is -0.122. The molecule has 0 saturated carbocycles. The maximum Gasteiger partial charge on any atom is 0.265 e. The summed E-state index contributed by atoms with van der Waals surface area (Å²) < 4.78 is 11.7. The molecule has 0 radical (unpaired) electrons. The summed E-state index contributed by atoms with van der Waals surface area (Å²) in [5.41, 5.74) is 4.16. The Hall–Kier alpha value is -3.27. The van der Waals surface area contributed by atoms with E-state index in [0.29, 0.717) is 24.5 Å². The van der Waals surface area contributed by atoms with Crippen molar-refractivity contribution >= 4 is 11.6 Å². The lowest BCUT2D eigenvalue weighted by Gasteiger charge is -2.18. The molecule has 29 heavy (non-hydrogen) atoms. The third-order valence-electron chi connectivity index (χ3n) is 4.79. The largest absolute Gasteiger partial charge is 0.489 e. The summed E-state index contributed by atoms with van der Waals surface area (Å²) in [5, 5.41) is 2.92. The van der Waals surface area contributed by atoms with Gasteiger partial charge in [0.25, 0.3) is 5.91 Å². The number of rotatable bonds is 8. The predicted octanol–water partition coefficient (Wildman–Crippen LogP) is 5.68. The summed E-state index contributed by atoms with van der Waals surface area (Å²) in [7, 11) is 0. The molecule has 4 nitrogen and oxygen atoms in total. The van der Waals surface area contributed by atoms with Crippen LogP contribution in [0.1, 0.15) is 30.0 Å². The van der Waals surface area contributed by atoms with E-state index in [1.807, 2.05) is 86.6 Å². The van der Waals surface area contributed by atoms with Gasteiger partial charge >= 0.3 is 0 Å². The van der Waals surface area contributed by atoms with Crippen LogP contribution in [-0.2, 0) is 11.4 Å². The molecule has 1 amide bonds. The number of nitrogens with one attached hydrogen (secondary N) is 1. The van der Waals surface area contributed by atoms with Crippen LogP contribution in [0.3, 0.4) is 0 Å². The highest BCUT2D eigenvalue weighted by Gasteiger charge is 2.18. The number of anilines is 1. The van der Waals surface area contributed by atoms with E-state index in [2.05, 4.69) is 12.2 Å². The van der Waals surface area contributed by atoms with Gasteiger partial charge in [-0.15, -0.1) is 0 Å². The molecule has 0 aliphatic heterocycles. The zero-order valence-corrected chi connectivity index (χ0v) is 17.1. The van der Waals surface area contributed by atoms with Gasteiger partial charge in [-0.25, -0.2) is 0 Å². The van der Waals surface area contributed by atoms with Crippen LogP contribution in [0.25, 0.3) is 0 Å². The Balaban J connectivity index is 1.56. The van der Waals surface area contributed by atoms with E-state index in [0.717, 1.165) is 16.9 Å². The Kier molecular flexibility index (Phi) is 6.90. The number of aryl methyl sites for hydroxylation is 2. The molecule has 3 aromatic carbocycles. The standard InChI is InChI=1S/C25H27NO3/c1-4-24(29-23-13-10-18(2)19(3)16-23)25(27)26-21-11-14-22(15-12-21)28-17-20-8-6-5-7-9-20/h5-16,24H,4,17H2,1-3H3,(H,26,27)/t24-/m1/s1. The van der Waals surface area contributed by atoms with Crippen molar-refractivity contribution in [2.24, 2.45) is 0 Å². The first-order valence-corrected chi connectivity index (χ1v) is 9.86. The normalized spacial score (nSPS) is 11.6. The first-order chi connectivity index (χ1) is 14.0. The second kappa shape index (κ2) is 9.78. The summed E-state index contributed by atoms with van der Waals surface area (Å²) in [4.78, 5) is 12.6. The van der Waals surface area contributed by atoms with Gasteiger partial charge in [-0.1, -0.05) is 43.3 Å². The molecule has 0 aromatic heterocycles. The lowest BCUT2D eigenvalue weighted by atomic mass is 10.1. The third kappa shape index (κ3) is 5.85. The van der Waals surface area contributed by atoms with Crippen LogP contribution < -0.4 is 14.8 Å². The highest BCUT2D eigenvalue weighted by atomic mass is 16.5. The van der Waals surface area contributed by atoms with E-state index in [1.54, 1.807) is 0 Å². The van der Waals surface area contributed by atoms with Crippen LogP contribution in [0, 0.1) is 13.8 Å². The highest BCUT2D eigenvalue weighted by molar-refractivity contribution is 5.94. The van der Waals surface area contributed by atoms with Gasteiger partial charge < -0.3 is 14.8 Å². The van der Waals surface area contributed by atoms with Crippen LogP contribution in [0.2, 0.25) is 0 Å². The zero-order chi connectivity index (χ0) is 20.6. The van der Waals surface area contributed by atoms with Gasteiger partial charge in [0, 0.05) is 5.69 Å². The van der Waals surface area contributed by atoms with Gasteiger partial charge in [0.2, 0.25) is 0 Å². The number of carbonyl (C=O) groups excluding carboxylic acids is 1. The van der Waals surface area contributed by atoms with Gasteiger partial charge in [-0.2, -0.15) is 0 Å². The minimum absolute atomic E-state index is 0.163. The van der Waals surface area contributed by atoms with Crippen molar-refractivity contribution in [3.8, 4) is 11.5 Å². The molecule has 150 valence electrons. The van der Waals surface area contributed by atoms with Crippen molar-refractivity contribution in [3.05, 3.63) is 89.5 Å².